The lowest BCUT2D eigenvalue weighted by Gasteiger charge is -1.90. The molecule has 2 aromatic rings. The molecule has 1 aromatic heterocycles. The lowest BCUT2D eigenvalue weighted by molar-refractivity contribution is 0.565. The van der Waals surface area contributed by atoms with Crippen molar-refractivity contribution in [2.75, 3.05) is 0 Å². The standard InChI is InChI=1S/C8H5N3O/c12-5-11-7-3-1-2-6-8(7)10-4-9-6/h1-4H,(H,9,10). The average Bonchev–Trinajstić information content (AvgIpc) is 2.53. The van der Waals surface area contributed by atoms with Gasteiger partial charge in [-0.3, -0.25) is 0 Å². The van der Waals surface area contributed by atoms with Gasteiger partial charge in [0.25, 0.3) is 0 Å². The largest absolute Gasteiger partial charge is 0.345 e. The van der Waals surface area contributed by atoms with Crippen molar-refractivity contribution in [3.63, 3.8) is 0 Å². The Kier molecular flexibility index (Phi) is 1.47. The fourth-order valence-corrected chi connectivity index (χ4v) is 1.09. The Hall–Kier alpha value is -1.93. The first-order chi connectivity index (χ1) is 5.92. The molecule has 1 N–H and O–H groups in total. The summed E-state index contributed by atoms with van der Waals surface area (Å²) in [4.78, 5) is 20.5. The molecule has 0 atom stereocenters. The summed E-state index contributed by atoms with van der Waals surface area (Å²) in [5.41, 5.74) is 2.11. The molecule has 1 aromatic carbocycles. The number of aliphatic imine (C=N–C) groups is 1. The normalized spacial score (nSPS) is 9.67. The summed E-state index contributed by atoms with van der Waals surface area (Å²) in [5, 5.41) is 0. The molecule has 12 heavy (non-hydrogen) atoms. The molecule has 2 rings (SSSR count). The Morgan fingerprint density at radius 1 is 1.50 bits per heavy atom. The number of hydrogen-bond acceptors (Lipinski definition) is 3. The van der Waals surface area contributed by atoms with E-state index in [1.165, 1.54) is 6.08 Å². The van der Waals surface area contributed by atoms with Crippen LogP contribution < -0.4 is 0 Å². The minimum atomic E-state index is 0.545. The van der Waals surface area contributed by atoms with Crippen LogP contribution >= 0.6 is 0 Å². The van der Waals surface area contributed by atoms with Gasteiger partial charge < -0.3 is 4.98 Å². The molecule has 4 nitrogen and oxygen atoms in total. The van der Waals surface area contributed by atoms with E-state index >= 15 is 0 Å². The second kappa shape index (κ2) is 2.60. The van der Waals surface area contributed by atoms with Crippen molar-refractivity contribution >= 4 is 22.8 Å². The molecule has 0 radical (unpaired) electrons. The van der Waals surface area contributed by atoms with E-state index in [2.05, 4.69) is 15.0 Å². The third-order valence-electron chi connectivity index (χ3n) is 1.59. The number of para-hydroxylation sites is 1. The highest BCUT2D eigenvalue weighted by atomic mass is 16.1. The van der Waals surface area contributed by atoms with Crippen molar-refractivity contribution < 1.29 is 4.79 Å². The fraction of sp³-hybridized carbons (Fsp3) is 0. The first kappa shape index (κ1) is 6.76. The smallest absolute Gasteiger partial charge is 0.240 e. The van der Waals surface area contributed by atoms with Gasteiger partial charge in [-0.15, -0.1) is 0 Å². The number of fused-ring (bicyclic) bond motifs is 1. The Morgan fingerprint density at radius 2 is 2.42 bits per heavy atom. The summed E-state index contributed by atoms with van der Waals surface area (Å²) < 4.78 is 0. The predicted molar refractivity (Wildman–Crippen MR) is 43.9 cm³/mol. The zero-order valence-corrected chi connectivity index (χ0v) is 6.11. The number of aromatic amines is 1. The minimum Gasteiger partial charge on any atom is -0.345 e. The maximum atomic E-state index is 10.0. The summed E-state index contributed by atoms with van der Waals surface area (Å²) in [6, 6.07) is 5.39. The molecule has 0 aliphatic carbocycles. The van der Waals surface area contributed by atoms with Crippen LogP contribution in [0.5, 0.6) is 0 Å². The predicted octanol–water partition coefficient (Wildman–Crippen LogP) is 1.53. The Labute approximate surface area is 68.0 Å². The van der Waals surface area contributed by atoms with Crippen LogP contribution in [0.4, 0.5) is 5.69 Å². The number of nitrogens with zero attached hydrogens (tertiary/aromatic N) is 2. The maximum absolute atomic E-state index is 10.0. The maximum Gasteiger partial charge on any atom is 0.240 e. The number of nitrogens with one attached hydrogen (secondary N) is 1. The number of rotatable bonds is 1. The second-order valence-corrected chi connectivity index (χ2v) is 2.28. The average molecular weight is 159 g/mol. The first-order valence-electron chi connectivity index (χ1n) is 3.42. The lowest BCUT2D eigenvalue weighted by atomic mass is 10.3. The van der Waals surface area contributed by atoms with Gasteiger partial charge in [-0.1, -0.05) is 6.07 Å². The van der Waals surface area contributed by atoms with Gasteiger partial charge >= 0.3 is 0 Å². The van der Waals surface area contributed by atoms with Crippen molar-refractivity contribution in [1.29, 1.82) is 0 Å². The van der Waals surface area contributed by atoms with Gasteiger partial charge in [0, 0.05) is 0 Å². The van der Waals surface area contributed by atoms with Crippen LogP contribution in [0.25, 0.3) is 11.0 Å². The SMILES string of the molecule is O=C=Nc1cccc2[nH]cnc12. The number of carbonyl (C=O) groups excluding carboxylic acids is 1. The lowest BCUT2D eigenvalue weighted by Crippen LogP contribution is -1.69. The third-order valence-corrected chi connectivity index (χ3v) is 1.59. The number of isocyanates is 1. The van der Waals surface area contributed by atoms with Gasteiger partial charge in [0.1, 0.15) is 11.2 Å². The highest BCUT2D eigenvalue weighted by Crippen LogP contribution is 2.21. The van der Waals surface area contributed by atoms with Crippen LogP contribution in [0.15, 0.2) is 29.5 Å². The van der Waals surface area contributed by atoms with Crippen LogP contribution in [0, 0.1) is 0 Å². The van der Waals surface area contributed by atoms with Crippen LogP contribution in [0.3, 0.4) is 0 Å². The van der Waals surface area contributed by atoms with E-state index in [0.717, 1.165) is 5.52 Å². The molecule has 4 heteroatoms. The van der Waals surface area contributed by atoms with E-state index in [9.17, 15) is 4.79 Å². The molecular formula is C8H5N3O. The molecule has 0 spiro atoms. The minimum absolute atomic E-state index is 0.545. The van der Waals surface area contributed by atoms with Crippen molar-refractivity contribution in [2.24, 2.45) is 4.99 Å². The van der Waals surface area contributed by atoms with E-state index in [4.69, 9.17) is 0 Å². The molecule has 0 amide bonds. The molecular weight excluding hydrogens is 154 g/mol. The van der Waals surface area contributed by atoms with E-state index in [0.29, 0.717) is 11.2 Å². The number of aromatic nitrogens is 2. The Bertz CT molecular complexity index is 454. The quantitative estimate of drug-likeness (QED) is 0.506. The number of imidazole rings is 1. The molecule has 0 aliphatic rings. The van der Waals surface area contributed by atoms with Gasteiger partial charge in [-0.2, -0.15) is 4.99 Å². The second-order valence-electron chi connectivity index (χ2n) is 2.28. The van der Waals surface area contributed by atoms with Gasteiger partial charge in [0.05, 0.1) is 11.8 Å². The van der Waals surface area contributed by atoms with E-state index in [1.54, 1.807) is 18.5 Å². The number of H-pyrrole nitrogens is 1. The highest BCUT2D eigenvalue weighted by Gasteiger charge is 1.99. The van der Waals surface area contributed by atoms with Crippen LogP contribution in [0.1, 0.15) is 0 Å². The monoisotopic (exact) mass is 159 g/mol. The van der Waals surface area contributed by atoms with Gasteiger partial charge in [-0.25, -0.2) is 9.78 Å². The summed E-state index contributed by atoms with van der Waals surface area (Å²) in [6.45, 7) is 0. The van der Waals surface area contributed by atoms with E-state index in [1.807, 2.05) is 6.07 Å². The summed E-state index contributed by atoms with van der Waals surface area (Å²) in [5.74, 6) is 0. The molecule has 0 bridgehead atoms. The zero-order valence-electron chi connectivity index (χ0n) is 6.11. The van der Waals surface area contributed by atoms with Crippen molar-refractivity contribution in [3.8, 4) is 0 Å². The number of benzene rings is 1. The van der Waals surface area contributed by atoms with E-state index in [-0.39, 0.29) is 0 Å². The van der Waals surface area contributed by atoms with E-state index < -0.39 is 0 Å². The van der Waals surface area contributed by atoms with Crippen molar-refractivity contribution in [2.45, 2.75) is 0 Å². The molecule has 58 valence electrons. The molecule has 0 unspecified atom stereocenters. The molecule has 1 heterocycles. The van der Waals surface area contributed by atoms with Gasteiger partial charge in [-0.05, 0) is 12.1 Å². The van der Waals surface area contributed by atoms with Crippen LogP contribution in [-0.2, 0) is 4.79 Å². The summed E-state index contributed by atoms with van der Waals surface area (Å²) >= 11 is 0. The molecule has 0 aliphatic heterocycles. The summed E-state index contributed by atoms with van der Waals surface area (Å²) in [6.07, 6.45) is 3.05. The van der Waals surface area contributed by atoms with Crippen molar-refractivity contribution in [3.05, 3.63) is 24.5 Å². The Morgan fingerprint density at radius 3 is 3.25 bits per heavy atom. The van der Waals surface area contributed by atoms with Crippen molar-refractivity contribution in [1.82, 2.24) is 9.97 Å². The topological polar surface area (TPSA) is 58.1 Å². The third kappa shape index (κ3) is 0.909. The Balaban J connectivity index is 2.81. The number of hydrogen-bond donors (Lipinski definition) is 1. The fourth-order valence-electron chi connectivity index (χ4n) is 1.09. The van der Waals surface area contributed by atoms with Crippen LogP contribution in [0.2, 0.25) is 0 Å². The zero-order chi connectivity index (χ0) is 8.39. The molecule has 0 saturated heterocycles. The summed E-state index contributed by atoms with van der Waals surface area (Å²) in [7, 11) is 0. The molecule has 0 saturated carbocycles. The van der Waals surface area contributed by atoms with Gasteiger partial charge in [0.2, 0.25) is 6.08 Å². The molecule has 0 fully saturated rings. The van der Waals surface area contributed by atoms with Gasteiger partial charge in [0.15, 0.2) is 0 Å². The first-order valence-corrected chi connectivity index (χ1v) is 3.42. The highest BCUT2D eigenvalue weighted by molar-refractivity contribution is 5.86. The van der Waals surface area contributed by atoms with Crippen LogP contribution in [-0.4, -0.2) is 16.0 Å².